The van der Waals surface area contributed by atoms with Crippen LogP contribution in [-0.2, 0) is 0 Å². The van der Waals surface area contributed by atoms with Gasteiger partial charge in [0.2, 0.25) is 5.95 Å². The lowest BCUT2D eigenvalue weighted by molar-refractivity contribution is 0.520. The molecule has 94 valence electrons. The maximum Gasteiger partial charge on any atom is 0.225 e. The van der Waals surface area contributed by atoms with Crippen LogP contribution in [0.2, 0.25) is 0 Å². The molecule has 0 bridgehead atoms. The van der Waals surface area contributed by atoms with E-state index >= 15 is 0 Å². The van der Waals surface area contributed by atoms with Gasteiger partial charge in [0, 0.05) is 41.1 Å². The molecule has 0 spiro atoms. The first-order valence-electron chi connectivity index (χ1n) is 6.14. The van der Waals surface area contributed by atoms with Gasteiger partial charge >= 0.3 is 0 Å². The van der Waals surface area contributed by atoms with Crippen LogP contribution in [0.1, 0.15) is 26.7 Å². The molecule has 1 saturated heterocycles. The molecule has 1 aromatic heterocycles. The van der Waals surface area contributed by atoms with Gasteiger partial charge in [-0.2, -0.15) is 0 Å². The summed E-state index contributed by atoms with van der Waals surface area (Å²) in [6.45, 7) is 6.46. The van der Waals surface area contributed by atoms with Crippen molar-refractivity contribution < 1.29 is 0 Å². The van der Waals surface area contributed by atoms with E-state index in [0.717, 1.165) is 22.6 Å². The molecule has 17 heavy (non-hydrogen) atoms. The Kier molecular flexibility index (Phi) is 4.55. The lowest BCUT2D eigenvalue weighted by Gasteiger charge is -2.25. The molecule has 2 rings (SSSR count). The number of rotatable bonds is 4. The summed E-state index contributed by atoms with van der Waals surface area (Å²) in [7, 11) is 0. The predicted molar refractivity (Wildman–Crippen MR) is 78.3 cm³/mol. The van der Waals surface area contributed by atoms with Crippen LogP contribution in [0.5, 0.6) is 0 Å². The van der Waals surface area contributed by atoms with Crippen LogP contribution in [0.25, 0.3) is 0 Å². The van der Waals surface area contributed by atoms with Gasteiger partial charge in [0.1, 0.15) is 0 Å². The maximum absolute atomic E-state index is 4.42. The summed E-state index contributed by atoms with van der Waals surface area (Å²) in [5.74, 6) is 0.874. The molecule has 2 heterocycles. The van der Waals surface area contributed by atoms with Crippen molar-refractivity contribution in [2.24, 2.45) is 0 Å². The number of nitrogens with zero attached hydrogens (tertiary/aromatic N) is 3. The van der Waals surface area contributed by atoms with Crippen LogP contribution in [0, 0.1) is 3.57 Å². The minimum Gasteiger partial charge on any atom is -0.337 e. The van der Waals surface area contributed by atoms with Gasteiger partial charge in [-0.05, 0) is 35.4 Å². The molecule has 0 amide bonds. The van der Waals surface area contributed by atoms with E-state index in [0.29, 0.717) is 12.1 Å². The second-order valence-electron chi connectivity index (χ2n) is 4.75. The van der Waals surface area contributed by atoms with Gasteiger partial charge in [-0.3, -0.25) is 0 Å². The van der Waals surface area contributed by atoms with E-state index in [1.165, 1.54) is 12.8 Å². The molecule has 1 fully saturated rings. The molecule has 0 radical (unpaired) electrons. The topological polar surface area (TPSA) is 41.0 Å². The SMILES string of the molecule is CC(C)NCC1CCCN1c1ncc(I)cn1. The fourth-order valence-electron chi connectivity index (χ4n) is 2.14. The second kappa shape index (κ2) is 5.95. The molecule has 1 aliphatic rings. The smallest absolute Gasteiger partial charge is 0.225 e. The van der Waals surface area contributed by atoms with E-state index in [9.17, 15) is 0 Å². The normalized spacial score (nSPS) is 20.2. The van der Waals surface area contributed by atoms with E-state index < -0.39 is 0 Å². The Morgan fingerprint density at radius 1 is 1.47 bits per heavy atom. The predicted octanol–water partition coefficient (Wildman–Crippen LogP) is 2.05. The van der Waals surface area contributed by atoms with E-state index in [4.69, 9.17) is 0 Å². The molecule has 0 aliphatic carbocycles. The highest BCUT2D eigenvalue weighted by Crippen LogP contribution is 2.21. The Morgan fingerprint density at radius 2 is 2.18 bits per heavy atom. The highest BCUT2D eigenvalue weighted by atomic mass is 127. The van der Waals surface area contributed by atoms with Crippen molar-refractivity contribution in [2.75, 3.05) is 18.0 Å². The third-order valence-corrected chi connectivity index (χ3v) is 3.56. The van der Waals surface area contributed by atoms with Crippen LogP contribution < -0.4 is 10.2 Å². The number of halogens is 1. The second-order valence-corrected chi connectivity index (χ2v) is 6.00. The number of aromatic nitrogens is 2. The number of hydrogen-bond acceptors (Lipinski definition) is 4. The van der Waals surface area contributed by atoms with Gasteiger partial charge in [-0.25, -0.2) is 9.97 Å². The largest absolute Gasteiger partial charge is 0.337 e. The fourth-order valence-corrected chi connectivity index (χ4v) is 2.42. The van der Waals surface area contributed by atoms with Crippen LogP contribution in [0.15, 0.2) is 12.4 Å². The summed E-state index contributed by atoms with van der Waals surface area (Å²) in [5.41, 5.74) is 0. The summed E-state index contributed by atoms with van der Waals surface area (Å²) >= 11 is 2.23. The van der Waals surface area contributed by atoms with Crippen molar-refractivity contribution in [3.8, 4) is 0 Å². The van der Waals surface area contributed by atoms with Gasteiger partial charge in [0.25, 0.3) is 0 Å². The summed E-state index contributed by atoms with van der Waals surface area (Å²) in [6, 6.07) is 1.08. The Bertz CT molecular complexity index is 352. The van der Waals surface area contributed by atoms with Crippen LogP contribution in [0.3, 0.4) is 0 Å². The molecule has 0 aromatic carbocycles. The fraction of sp³-hybridized carbons (Fsp3) is 0.667. The van der Waals surface area contributed by atoms with Crippen molar-refractivity contribution in [1.82, 2.24) is 15.3 Å². The number of nitrogens with one attached hydrogen (secondary N) is 1. The molecule has 5 heteroatoms. The molecule has 4 nitrogen and oxygen atoms in total. The molecular formula is C12H19IN4. The molecule has 1 unspecified atom stereocenters. The molecule has 1 N–H and O–H groups in total. The van der Waals surface area contributed by atoms with Crippen molar-refractivity contribution >= 4 is 28.5 Å². The minimum absolute atomic E-state index is 0.537. The summed E-state index contributed by atoms with van der Waals surface area (Å²) in [4.78, 5) is 11.2. The first-order valence-corrected chi connectivity index (χ1v) is 7.22. The van der Waals surface area contributed by atoms with Crippen LogP contribution in [0.4, 0.5) is 5.95 Å². The van der Waals surface area contributed by atoms with E-state index in [1.54, 1.807) is 0 Å². The van der Waals surface area contributed by atoms with Crippen molar-refractivity contribution in [3.05, 3.63) is 16.0 Å². The van der Waals surface area contributed by atoms with Gasteiger partial charge in [-0.15, -0.1) is 0 Å². The molecule has 1 atom stereocenters. The minimum atomic E-state index is 0.537. The van der Waals surface area contributed by atoms with Gasteiger partial charge in [-0.1, -0.05) is 13.8 Å². The standard InChI is InChI=1S/C12H19IN4/c1-9(2)14-8-11-4-3-5-17(11)12-15-6-10(13)7-16-12/h6-7,9,11,14H,3-5,8H2,1-2H3. The zero-order chi connectivity index (χ0) is 12.3. The highest BCUT2D eigenvalue weighted by molar-refractivity contribution is 14.1. The molecule has 0 saturated carbocycles. The number of anilines is 1. The van der Waals surface area contributed by atoms with Crippen molar-refractivity contribution in [2.45, 2.75) is 38.8 Å². The average Bonchev–Trinajstić information content (AvgIpc) is 2.75. The maximum atomic E-state index is 4.42. The van der Waals surface area contributed by atoms with Gasteiger partial charge in [0.05, 0.1) is 0 Å². The lowest BCUT2D eigenvalue weighted by atomic mass is 10.2. The summed E-state index contributed by atoms with van der Waals surface area (Å²) in [6.07, 6.45) is 6.23. The third kappa shape index (κ3) is 3.51. The van der Waals surface area contributed by atoms with E-state index in [-0.39, 0.29) is 0 Å². The summed E-state index contributed by atoms with van der Waals surface area (Å²) < 4.78 is 1.09. The summed E-state index contributed by atoms with van der Waals surface area (Å²) in [5, 5.41) is 3.50. The lowest BCUT2D eigenvalue weighted by Crippen LogP contribution is -2.41. The van der Waals surface area contributed by atoms with Crippen molar-refractivity contribution in [3.63, 3.8) is 0 Å². The van der Waals surface area contributed by atoms with Gasteiger partial charge < -0.3 is 10.2 Å². The molecule has 1 aliphatic heterocycles. The Labute approximate surface area is 116 Å². The number of hydrogen-bond donors (Lipinski definition) is 1. The van der Waals surface area contributed by atoms with E-state index in [2.05, 4.69) is 56.6 Å². The Balaban J connectivity index is 2.01. The zero-order valence-electron chi connectivity index (χ0n) is 10.4. The van der Waals surface area contributed by atoms with E-state index in [1.807, 2.05) is 12.4 Å². The van der Waals surface area contributed by atoms with Crippen molar-refractivity contribution in [1.29, 1.82) is 0 Å². The van der Waals surface area contributed by atoms with Gasteiger partial charge in [0.15, 0.2) is 0 Å². The van der Waals surface area contributed by atoms with Crippen LogP contribution in [-0.4, -0.2) is 35.1 Å². The van der Waals surface area contributed by atoms with Crippen LogP contribution >= 0.6 is 22.6 Å². The zero-order valence-corrected chi connectivity index (χ0v) is 12.5. The average molecular weight is 346 g/mol. The quantitative estimate of drug-likeness (QED) is 0.848. The Morgan fingerprint density at radius 3 is 2.82 bits per heavy atom. The molecular weight excluding hydrogens is 327 g/mol. The molecule has 1 aromatic rings. The third-order valence-electron chi connectivity index (χ3n) is 3.00. The highest BCUT2D eigenvalue weighted by Gasteiger charge is 2.26. The Hall–Kier alpha value is -0.430. The first-order chi connectivity index (χ1) is 8.16. The monoisotopic (exact) mass is 346 g/mol. The first kappa shape index (κ1) is 13.0.